The van der Waals surface area contributed by atoms with Gasteiger partial charge in [-0.15, -0.1) is 11.8 Å². The zero-order valence-electron chi connectivity index (χ0n) is 20.2. The average Bonchev–Trinajstić information content (AvgIpc) is 3.17. The van der Waals surface area contributed by atoms with Gasteiger partial charge >= 0.3 is 5.97 Å². The Morgan fingerprint density at radius 1 is 1.17 bits per heavy atom. The molecule has 1 aliphatic heterocycles. The van der Waals surface area contributed by atoms with E-state index in [0.29, 0.717) is 37.7 Å². The average molecular weight is 511 g/mol. The van der Waals surface area contributed by atoms with Crippen LogP contribution in [-0.2, 0) is 9.53 Å². The molecule has 0 bridgehead atoms. The first-order valence-electron chi connectivity index (χ1n) is 11.0. The number of carbonyl (C=O) groups excluding carboxylic acids is 1. The van der Waals surface area contributed by atoms with E-state index in [-0.39, 0.29) is 12.2 Å². The number of allylic oxidation sites excluding steroid dienone is 1. The SMILES string of the molecule is CCOC(=O)C1=C(C)N=c2s/c(=C\c3ccc(SC)cc3)c(=O)n2[C@H]1c1ccc(OC)cc1OC. The van der Waals surface area contributed by atoms with E-state index in [9.17, 15) is 9.59 Å². The first-order valence-corrected chi connectivity index (χ1v) is 13.0. The first-order chi connectivity index (χ1) is 16.9. The van der Waals surface area contributed by atoms with Crippen molar-refractivity contribution in [2.75, 3.05) is 27.1 Å². The summed E-state index contributed by atoms with van der Waals surface area (Å²) in [4.78, 5) is 33.1. The summed E-state index contributed by atoms with van der Waals surface area (Å²) in [7, 11) is 3.11. The predicted octanol–water partition coefficient (Wildman–Crippen LogP) is 3.54. The molecule has 0 fully saturated rings. The highest BCUT2D eigenvalue weighted by Crippen LogP contribution is 2.37. The second kappa shape index (κ2) is 10.5. The number of nitrogens with zero attached hydrogens (tertiary/aromatic N) is 2. The number of hydrogen-bond donors (Lipinski definition) is 0. The summed E-state index contributed by atoms with van der Waals surface area (Å²) in [5, 5.41) is 0. The predicted molar refractivity (Wildman–Crippen MR) is 138 cm³/mol. The number of fused-ring (bicyclic) bond motifs is 1. The van der Waals surface area contributed by atoms with Crippen LogP contribution in [0.2, 0.25) is 0 Å². The lowest BCUT2D eigenvalue weighted by molar-refractivity contribution is -0.139. The zero-order valence-corrected chi connectivity index (χ0v) is 21.8. The van der Waals surface area contributed by atoms with Gasteiger partial charge < -0.3 is 14.2 Å². The van der Waals surface area contributed by atoms with Crippen LogP contribution in [0, 0.1) is 0 Å². The third-order valence-corrected chi connectivity index (χ3v) is 7.39. The first kappa shape index (κ1) is 24.8. The number of carbonyl (C=O) groups is 1. The molecule has 0 N–H and O–H groups in total. The molecule has 0 aliphatic carbocycles. The maximum absolute atomic E-state index is 13.7. The standard InChI is InChI=1S/C26H26N2O5S2/c1-6-33-25(30)22-15(2)27-26-28(23(22)19-12-9-17(31-3)14-20(19)32-4)24(29)21(35-26)13-16-7-10-18(34-5)11-8-16/h7-14,23H,6H2,1-5H3/b21-13-/t23-/m0/s1. The molecule has 1 aromatic heterocycles. The number of rotatable bonds is 7. The number of ether oxygens (including phenoxy) is 3. The minimum atomic E-state index is -0.757. The van der Waals surface area contributed by atoms with Crippen molar-refractivity contribution in [1.82, 2.24) is 4.57 Å². The zero-order chi connectivity index (χ0) is 25.1. The van der Waals surface area contributed by atoms with Crippen molar-refractivity contribution in [1.29, 1.82) is 0 Å². The van der Waals surface area contributed by atoms with Crippen LogP contribution in [0.25, 0.3) is 6.08 Å². The van der Waals surface area contributed by atoms with Gasteiger partial charge in [0.25, 0.3) is 5.56 Å². The summed E-state index contributed by atoms with van der Waals surface area (Å²) < 4.78 is 18.4. The van der Waals surface area contributed by atoms with Crippen molar-refractivity contribution >= 4 is 35.1 Å². The molecule has 0 spiro atoms. The molecule has 0 saturated heterocycles. The molecule has 0 amide bonds. The minimum absolute atomic E-state index is 0.207. The fourth-order valence-electron chi connectivity index (χ4n) is 3.98. The van der Waals surface area contributed by atoms with Crippen LogP contribution in [0.5, 0.6) is 11.5 Å². The Bertz CT molecular complexity index is 1470. The van der Waals surface area contributed by atoms with E-state index in [2.05, 4.69) is 4.99 Å². The Morgan fingerprint density at radius 2 is 1.91 bits per heavy atom. The Morgan fingerprint density at radius 3 is 2.54 bits per heavy atom. The van der Waals surface area contributed by atoms with Gasteiger partial charge in [-0.05, 0) is 56.0 Å². The van der Waals surface area contributed by atoms with Crippen LogP contribution >= 0.6 is 23.1 Å². The lowest BCUT2D eigenvalue weighted by Crippen LogP contribution is -2.40. The molecule has 1 atom stereocenters. The second-order valence-electron chi connectivity index (χ2n) is 7.68. The largest absolute Gasteiger partial charge is 0.497 e. The Balaban J connectivity index is 1.96. The number of thioether (sulfide) groups is 1. The van der Waals surface area contributed by atoms with Crippen LogP contribution in [0.1, 0.15) is 31.0 Å². The van der Waals surface area contributed by atoms with Gasteiger partial charge in [0.1, 0.15) is 17.5 Å². The topological polar surface area (TPSA) is 79.1 Å². The van der Waals surface area contributed by atoms with E-state index in [0.717, 1.165) is 10.5 Å². The molecule has 0 saturated carbocycles. The summed E-state index contributed by atoms with van der Waals surface area (Å²) in [6, 6.07) is 12.5. The second-order valence-corrected chi connectivity index (χ2v) is 9.57. The number of esters is 1. The van der Waals surface area contributed by atoms with Crippen LogP contribution in [0.3, 0.4) is 0 Å². The van der Waals surface area contributed by atoms with E-state index in [1.165, 1.54) is 11.3 Å². The van der Waals surface area contributed by atoms with Crippen molar-refractivity contribution < 1.29 is 19.0 Å². The van der Waals surface area contributed by atoms with Gasteiger partial charge in [-0.25, -0.2) is 9.79 Å². The van der Waals surface area contributed by atoms with Crippen molar-refractivity contribution in [2.45, 2.75) is 24.8 Å². The van der Waals surface area contributed by atoms with Gasteiger partial charge in [-0.3, -0.25) is 9.36 Å². The molecule has 4 rings (SSSR count). The molecular weight excluding hydrogens is 484 g/mol. The normalized spacial score (nSPS) is 15.5. The maximum Gasteiger partial charge on any atom is 0.338 e. The van der Waals surface area contributed by atoms with Crippen LogP contribution in [0.15, 0.2) is 68.4 Å². The fourth-order valence-corrected chi connectivity index (χ4v) is 5.44. The van der Waals surface area contributed by atoms with Gasteiger partial charge in [0.05, 0.1) is 36.6 Å². The monoisotopic (exact) mass is 510 g/mol. The fraction of sp³-hybridized carbons (Fsp3) is 0.269. The minimum Gasteiger partial charge on any atom is -0.497 e. The number of aromatic nitrogens is 1. The summed E-state index contributed by atoms with van der Waals surface area (Å²) in [6.07, 6.45) is 3.86. The quantitative estimate of drug-likeness (QED) is 0.357. The van der Waals surface area contributed by atoms with E-state index < -0.39 is 12.0 Å². The molecule has 1 aliphatic rings. The summed E-state index contributed by atoms with van der Waals surface area (Å²) in [5.74, 6) is 0.580. The van der Waals surface area contributed by atoms with Crippen LogP contribution < -0.4 is 24.4 Å². The van der Waals surface area contributed by atoms with E-state index >= 15 is 0 Å². The lowest BCUT2D eigenvalue weighted by Gasteiger charge is -2.26. The molecule has 0 unspecified atom stereocenters. The summed E-state index contributed by atoms with van der Waals surface area (Å²) >= 11 is 2.95. The molecule has 9 heteroatoms. The summed E-state index contributed by atoms with van der Waals surface area (Å²) in [5.41, 5.74) is 2.12. The molecule has 35 heavy (non-hydrogen) atoms. The highest BCUT2D eigenvalue weighted by molar-refractivity contribution is 7.98. The molecule has 0 radical (unpaired) electrons. The smallest absolute Gasteiger partial charge is 0.338 e. The van der Waals surface area contributed by atoms with Crippen molar-refractivity contribution in [2.24, 2.45) is 4.99 Å². The molecular formula is C26H26N2O5S2. The van der Waals surface area contributed by atoms with Crippen molar-refractivity contribution in [3.05, 3.63) is 84.5 Å². The van der Waals surface area contributed by atoms with Gasteiger partial charge in [0, 0.05) is 16.5 Å². The number of thiazole rings is 1. The summed E-state index contributed by atoms with van der Waals surface area (Å²) in [6.45, 7) is 3.71. The highest BCUT2D eigenvalue weighted by atomic mass is 32.2. The van der Waals surface area contributed by atoms with Crippen LogP contribution in [-0.4, -0.2) is 37.6 Å². The van der Waals surface area contributed by atoms with E-state index in [1.54, 1.807) is 62.6 Å². The van der Waals surface area contributed by atoms with E-state index in [4.69, 9.17) is 14.2 Å². The Kier molecular flexibility index (Phi) is 7.47. The Labute approximate surface area is 211 Å². The molecule has 7 nitrogen and oxygen atoms in total. The lowest BCUT2D eigenvalue weighted by atomic mass is 9.95. The third-order valence-electron chi connectivity index (χ3n) is 5.67. The van der Waals surface area contributed by atoms with Gasteiger partial charge in [-0.1, -0.05) is 23.5 Å². The van der Waals surface area contributed by atoms with Gasteiger partial charge in [0.2, 0.25) is 0 Å². The van der Waals surface area contributed by atoms with Gasteiger partial charge in [0.15, 0.2) is 4.80 Å². The number of benzene rings is 2. The van der Waals surface area contributed by atoms with Gasteiger partial charge in [-0.2, -0.15) is 0 Å². The number of methoxy groups -OCH3 is 2. The van der Waals surface area contributed by atoms with E-state index in [1.807, 2.05) is 36.6 Å². The highest BCUT2D eigenvalue weighted by Gasteiger charge is 2.35. The third kappa shape index (κ3) is 4.78. The Hall–Kier alpha value is -3.30. The maximum atomic E-state index is 13.7. The van der Waals surface area contributed by atoms with Crippen molar-refractivity contribution in [3.8, 4) is 11.5 Å². The van der Waals surface area contributed by atoms with Crippen molar-refractivity contribution in [3.63, 3.8) is 0 Å². The molecule has 2 aromatic carbocycles. The molecule has 182 valence electrons. The van der Waals surface area contributed by atoms with Crippen LogP contribution in [0.4, 0.5) is 0 Å². The number of hydrogen-bond acceptors (Lipinski definition) is 8. The molecule has 2 heterocycles. The molecule has 3 aromatic rings.